The molecule has 4 nitrogen and oxygen atoms in total. The van der Waals surface area contributed by atoms with Gasteiger partial charge < -0.3 is 0 Å². The Hall–Kier alpha value is -1.98. The molecular weight excluding hydrogens is 357 g/mol. The molecule has 0 bridgehead atoms. The number of hydrogen-bond donors (Lipinski definition) is 0. The number of nitrogens with zero attached hydrogens (tertiary/aromatic N) is 2. The van der Waals surface area contributed by atoms with Gasteiger partial charge in [0.2, 0.25) is 0 Å². The van der Waals surface area contributed by atoms with Crippen LogP contribution in [-0.4, -0.2) is 25.4 Å². The average Bonchev–Trinajstić information content (AvgIpc) is 2.83. The van der Waals surface area contributed by atoms with Crippen molar-refractivity contribution >= 4 is 25.1 Å². The van der Waals surface area contributed by atoms with E-state index in [1.54, 1.807) is 18.2 Å². The predicted molar refractivity (Wildman–Crippen MR) is 78.5 cm³/mol. The SMILES string of the molecule is O=[Se](=O)C1N(Cc2ccccc2)c2ccccc2N1C(F)F. The van der Waals surface area contributed by atoms with Crippen molar-refractivity contribution in [2.45, 2.75) is 18.2 Å². The summed E-state index contributed by atoms with van der Waals surface area (Å²) in [5, 5.41) is -1.32. The average molecular weight is 370 g/mol. The minimum absolute atomic E-state index is 0.249. The number of benzene rings is 2. The molecule has 1 radical (unpaired) electrons. The molecule has 22 heavy (non-hydrogen) atoms. The second-order valence-electron chi connectivity index (χ2n) is 4.87. The van der Waals surface area contributed by atoms with Crippen LogP contribution >= 0.6 is 0 Å². The van der Waals surface area contributed by atoms with Crippen molar-refractivity contribution in [1.82, 2.24) is 0 Å². The molecule has 3 rings (SSSR count). The summed E-state index contributed by atoms with van der Waals surface area (Å²) in [4.78, 5) is 2.18. The second kappa shape index (κ2) is 6.02. The molecule has 0 saturated carbocycles. The second-order valence-corrected chi connectivity index (χ2v) is 6.85. The van der Waals surface area contributed by atoms with Crippen molar-refractivity contribution < 1.29 is 16.5 Å². The van der Waals surface area contributed by atoms with Crippen molar-refractivity contribution in [3.05, 3.63) is 60.2 Å². The molecular formula is C15H13F2N2O2Se. The van der Waals surface area contributed by atoms with Crippen LogP contribution in [0, 0.1) is 0 Å². The monoisotopic (exact) mass is 371 g/mol. The third-order valence-electron chi connectivity index (χ3n) is 3.55. The Morgan fingerprint density at radius 2 is 1.55 bits per heavy atom. The zero-order valence-corrected chi connectivity index (χ0v) is 13.1. The number of alkyl halides is 2. The number of anilines is 2. The predicted octanol–water partition coefficient (Wildman–Crippen LogP) is 2.95. The number of rotatable bonds is 4. The van der Waals surface area contributed by atoms with Gasteiger partial charge in [-0.15, -0.1) is 0 Å². The van der Waals surface area contributed by atoms with Crippen LogP contribution in [0.1, 0.15) is 5.56 Å². The Balaban J connectivity index is 2.06. The Morgan fingerprint density at radius 1 is 0.955 bits per heavy atom. The van der Waals surface area contributed by atoms with Crippen molar-refractivity contribution in [2.75, 3.05) is 9.80 Å². The van der Waals surface area contributed by atoms with E-state index >= 15 is 0 Å². The van der Waals surface area contributed by atoms with Gasteiger partial charge in [-0.25, -0.2) is 0 Å². The third-order valence-corrected chi connectivity index (χ3v) is 5.28. The molecule has 0 amide bonds. The zero-order valence-electron chi connectivity index (χ0n) is 11.4. The van der Waals surface area contributed by atoms with E-state index in [4.69, 9.17) is 0 Å². The van der Waals surface area contributed by atoms with Gasteiger partial charge in [-0.05, 0) is 0 Å². The van der Waals surface area contributed by atoms with Crippen molar-refractivity contribution in [3.63, 3.8) is 0 Å². The first-order valence-electron chi connectivity index (χ1n) is 6.64. The number of halogens is 2. The van der Waals surface area contributed by atoms with Gasteiger partial charge in [0.05, 0.1) is 0 Å². The van der Waals surface area contributed by atoms with Crippen molar-refractivity contribution in [2.24, 2.45) is 0 Å². The first kappa shape index (κ1) is 14.9. The van der Waals surface area contributed by atoms with Crippen LogP contribution in [-0.2, 0) is 14.2 Å². The Labute approximate surface area is 130 Å². The van der Waals surface area contributed by atoms with Gasteiger partial charge in [0.15, 0.2) is 0 Å². The first-order valence-corrected chi connectivity index (χ1v) is 9.02. The van der Waals surface area contributed by atoms with Crippen LogP contribution in [0.25, 0.3) is 0 Å². The summed E-state index contributed by atoms with van der Waals surface area (Å²) >= 11 is -3.71. The van der Waals surface area contributed by atoms with E-state index in [0.717, 1.165) is 5.56 Å². The summed E-state index contributed by atoms with van der Waals surface area (Å²) in [7, 11) is 0. The number of para-hydroxylation sites is 2. The maximum absolute atomic E-state index is 13.4. The summed E-state index contributed by atoms with van der Waals surface area (Å²) in [6.07, 6.45) is 0. The van der Waals surface area contributed by atoms with E-state index < -0.39 is 25.4 Å². The summed E-state index contributed by atoms with van der Waals surface area (Å²) in [6, 6.07) is 15.7. The summed E-state index contributed by atoms with van der Waals surface area (Å²) in [5.41, 5.74) is 1.63. The molecule has 0 N–H and O–H groups in total. The molecule has 7 heteroatoms. The molecule has 0 aliphatic carbocycles. The third kappa shape index (κ3) is 2.58. The van der Waals surface area contributed by atoms with Gasteiger partial charge in [-0.2, -0.15) is 0 Å². The maximum atomic E-state index is 13.4. The van der Waals surface area contributed by atoms with Crippen LogP contribution in [0.2, 0.25) is 0 Å². The summed E-state index contributed by atoms with van der Waals surface area (Å²) < 4.78 is 50.1. The topological polar surface area (TPSA) is 40.6 Å². The fourth-order valence-electron chi connectivity index (χ4n) is 2.66. The molecule has 2 aromatic carbocycles. The number of fused-ring (bicyclic) bond motifs is 1. The van der Waals surface area contributed by atoms with Crippen LogP contribution in [0.3, 0.4) is 0 Å². The molecule has 0 fully saturated rings. The molecule has 0 spiro atoms. The quantitative estimate of drug-likeness (QED) is 0.613. The standard InChI is InChI=1S/C15H13F2N2O2Se/c16-14(17)19-13-9-5-4-8-12(13)18(15(19)22(20)21)10-11-6-2-1-3-7-11/h1-9,14-15H,10H2. The van der Waals surface area contributed by atoms with Crippen molar-refractivity contribution in [3.8, 4) is 0 Å². The van der Waals surface area contributed by atoms with E-state index in [1.165, 1.54) is 11.0 Å². The molecule has 1 heterocycles. The van der Waals surface area contributed by atoms with Crippen LogP contribution < -0.4 is 9.80 Å². The molecule has 1 unspecified atom stereocenters. The Morgan fingerprint density at radius 3 is 2.14 bits per heavy atom. The van der Waals surface area contributed by atoms with Gasteiger partial charge in [0.1, 0.15) is 0 Å². The van der Waals surface area contributed by atoms with E-state index in [-0.39, 0.29) is 12.2 Å². The zero-order chi connectivity index (χ0) is 15.7. The Kier molecular flexibility index (Phi) is 4.09. The normalized spacial score (nSPS) is 17.0. The number of hydrogen-bond acceptors (Lipinski definition) is 4. The fourth-order valence-corrected chi connectivity index (χ4v) is 4.31. The Bertz CT molecular complexity index is 729. The van der Waals surface area contributed by atoms with Gasteiger partial charge in [-0.3, -0.25) is 0 Å². The molecule has 115 valence electrons. The minimum atomic E-state index is -3.71. The van der Waals surface area contributed by atoms with E-state index in [2.05, 4.69) is 0 Å². The van der Waals surface area contributed by atoms with Crippen LogP contribution in [0.4, 0.5) is 20.2 Å². The van der Waals surface area contributed by atoms with Gasteiger partial charge >= 0.3 is 130 Å². The molecule has 1 atom stereocenters. The van der Waals surface area contributed by atoms with E-state index in [0.29, 0.717) is 10.6 Å². The molecule has 1 aliphatic heterocycles. The summed E-state index contributed by atoms with van der Waals surface area (Å²) in [5.74, 6) is 0. The molecule has 0 aromatic heterocycles. The van der Waals surface area contributed by atoms with E-state index in [9.17, 15) is 16.5 Å². The fraction of sp³-hybridized carbons (Fsp3) is 0.200. The van der Waals surface area contributed by atoms with E-state index in [1.807, 2.05) is 30.3 Å². The molecule has 1 aliphatic rings. The van der Waals surface area contributed by atoms with Gasteiger partial charge in [0, 0.05) is 0 Å². The molecule has 0 saturated heterocycles. The van der Waals surface area contributed by atoms with Gasteiger partial charge in [0.25, 0.3) is 0 Å². The van der Waals surface area contributed by atoms with Gasteiger partial charge in [-0.1, -0.05) is 0 Å². The first-order chi connectivity index (χ1) is 10.6. The summed E-state index contributed by atoms with van der Waals surface area (Å²) in [6.45, 7) is -2.61. The van der Waals surface area contributed by atoms with Crippen LogP contribution in [0.15, 0.2) is 54.6 Å². The molecule has 2 aromatic rings. The van der Waals surface area contributed by atoms with Crippen LogP contribution in [0.5, 0.6) is 0 Å². The van der Waals surface area contributed by atoms with Crippen molar-refractivity contribution in [1.29, 1.82) is 0 Å².